The lowest BCUT2D eigenvalue weighted by Crippen LogP contribution is -2.31. The number of hydrogen-bond acceptors (Lipinski definition) is 8. The van der Waals surface area contributed by atoms with Crippen LogP contribution in [0.4, 0.5) is 11.8 Å². The SMILES string of the molecule is CC[C@@H]1CCCN1c1ncc(C(=O)NCc2ncccn2)c(NCc2ccc(OC)c(Cl)c2)n1. The van der Waals surface area contributed by atoms with Crippen LogP contribution >= 0.6 is 11.6 Å². The van der Waals surface area contributed by atoms with E-state index in [1.165, 1.54) is 0 Å². The van der Waals surface area contributed by atoms with E-state index in [1.807, 2.05) is 18.2 Å². The number of nitrogens with one attached hydrogen (secondary N) is 2. The molecular formula is C24H28ClN7O2. The molecule has 1 saturated heterocycles. The molecular weight excluding hydrogens is 454 g/mol. The van der Waals surface area contributed by atoms with Gasteiger partial charge in [0, 0.05) is 37.7 Å². The molecule has 1 aliphatic heterocycles. The minimum atomic E-state index is -0.303. The Labute approximate surface area is 204 Å². The first-order valence-electron chi connectivity index (χ1n) is 11.3. The van der Waals surface area contributed by atoms with Gasteiger partial charge in [0.2, 0.25) is 5.95 Å². The summed E-state index contributed by atoms with van der Waals surface area (Å²) in [5, 5.41) is 6.67. The molecule has 0 unspecified atom stereocenters. The maximum atomic E-state index is 13.0. The minimum absolute atomic E-state index is 0.207. The molecule has 1 aliphatic rings. The molecule has 3 aromatic rings. The van der Waals surface area contributed by atoms with Crippen molar-refractivity contribution in [2.24, 2.45) is 0 Å². The van der Waals surface area contributed by atoms with E-state index in [1.54, 1.807) is 31.8 Å². The average Bonchev–Trinajstić information content (AvgIpc) is 3.35. The Morgan fingerprint density at radius 1 is 1.24 bits per heavy atom. The second kappa shape index (κ2) is 11.1. The van der Waals surface area contributed by atoms with E-state index in [9.17, 15) is 4.79 Å². The van der Waals surface area contributed by atoms with Gasteiger partial charge in [-0.3, -0.25) is 4.79 Å². The molecule has 2 aromatic heterocycles. The van der Waals surface area contributed by atoms with Gasteiger partial charge in [-0.2, -0.15) is 4.98 Å². The number of carbonyl (C=O) groups is 1. The number of ether oxygens (including phenoxy) is 1. The second-order valence-corrected chi connectivity index (χ2v) is 8.41. The number of carbonyl (C=O) groups excluding carboxylic acids is 1. The Bertz CT molecular complexity index is 1130. The molecule has 9 nitrogen and oxygen atoms in total. The van der Waals surface area contributed by atoms with Gasteiger partial charge in [0.15, 0.2) is 0 Å². The highest BCUT2D eigenvalue weighted by Crippen LogP contribution is 2.28. The Kier molecular flexibility index (Phi) is 7.74. The summed E-state index contributed by atoms with van der Waals surface area (Å²) in [5.41, 5.74) is 1.29. The number of aromatic nitrogens is 4. The molecule has 1 fully saturated rings. The summed E-state index contributed by atoms with van der Waals surface area (Å²) in [5.74, 6) is 1.92. The lowest BCUT2D eigenvalue weighted by molar-refractivity contribution is 0.0950. The highest BCUT2D eigenvalue weighted by molar-refractivity contribution is 6.32. The predicted octanol–water partition coefficient (Wildman–Crippen LogP) is 3.85. The van der Waals surface area contributed by atoms with E-state index in [2.05, 4.69) is 37.4 Å². The maximum absolute atomic E-state index is 13.0. The number of nitrogens with zero attached hydrogens (tertiary/aromatic N) is 5. The van der Waals surface area contributed by atoms with Crippen LogP contribution in [0.1, 0.15) is 47.9 Å². The van der Waals surface area contributed by atoms with Crippen LogP contribution in [0.5, 0.6) is 5.75 Å². The van der Waals surface area contributed by atoms with Gasteiger partial charge in [-0.1, -0.05) is 24.6 Å². The molecule has 34 heavy (non-hydrogen) atoms. The van der Waals surface area contributed by atoms with Crippen molar-refractivity contribution in [1.82, 2.24) is 25.3 Å². The smallest absolute Gasteiger partial charge is 0.256 e. The molecule has 3 heterocycles. The van der Waals surface area contributed by atoms with Crippen molar-refractivity contribution < 1.29 is 9.53 Å². The molecule has 10 heteroatoms. The number of hydrogen-bond donors (Lipinski definition) is 2. The summed E-state index contributed by atoms with van der Waals surface area (Å²) >= 11 is 6.27. The molecule has 0 spiro atoms. The topological polar surface area (TPSA) is 105 Å². The van der Waals surface area contributed by atoms with Crippen LogP contribution in [0.2, 0.25) is 5.02 Å². The lowest BCUT2D eigenvalue weighted by Gasteiger charge is -2.24. The molecule has 1 amide bonds. The lowest BCUT2D eigenvalue weighted by atomic mass is 10.2. The number of benzene rings is 1. The van der Waals surface area contributed by atoms with Crippen molar-refractivity contribution >= 4 is 29.3 Å². The van der Waals surface area contributed by atoms with Crippen LogP contribution < -0.4 is 20.3 Å². The molecule has 1 aromatic carbocycles. The fourth-order valence-corrected chi connectivity index (χ4v) is 4.30. The van der Waals surface area contributed by atoms with Crippen molar-refractivity contribution in [3.05, 3.63) is 64.8 Å². The molecule has 0 radical (unpaired) electrons. The van der Waals surface area contributed by atoms with Crippen LogP contribution in [0.25, 0.3) is 0 Å². The molecule has 0 bridgehead atoms. The van der Waals surface area contributed by atoms with E-state index in [4.69, 9.17) is 21.3 Å². The fourth-order valence-electron chi connectivity index (χ4n) is 4.02. The van der Waals surface area contributed by atoms with E-state index >= 15 is 0 Å². The van der Waals surface area contributed by atoms with Crippen LogP contribution in [0.15, 0.2) is 42.9 Å². The van der Waals surface area contributed by atoms with E-state index in [-0.39, 0.29) is 12.5 Å². The van der Waals surface area contributed by atoms with Gasteiger partial charge in [-0.05, 0) is 43.0 Å². The molecule has 178 valence electrons. The van der Waals surface area contributed by atoms with Gasteiger partial charge in [0.05, 0.1) is 18.7 Å². The van der Waals surface area contributed by atoms with Gasteiger partial charge >= 0.3 is 0 Å². The standard InChI is InChI=1S/C24H28ClN7O2/c1-3-17-6-4-11-32(17)24-30-14-18(23(33)29-15-21-26-9-5-10-27-21)22(31-24)28-13-16-7-8-20(34-2)19(25)12-16/h5,7-10,12,14,17H,3-4,6,11,13,15H2,1-2H3,(H,29,33)(H,28,30,31)/t17-/m1/s1. The Morgan fingerprint density at radius 3 is 2.79 bits per heavy atom. The Hall–Kier alpha value is -3.46. The van der Waals surface area contributed by atoms with Crippen LogP contribution in [-0.2, 0) is 13.1 Å². The van der Waals surface area contributed by atoms with Gasteiger partial charge < -0.3 is 20.3 Å². The third kappa shape index (κ3) is 5.53. The zero-order chi connectivity index (χ0) is 23.9. The first-order valence-corrected chi connectivity index (χ1v) is 11.7. The number of halogens is 1. The Balaban J connectivity index is 1.56. The summed E-state index contributed by atoms with van der Waals surface area (Å²) in [7, 11) is 1.58. The molecule has 4 rings (SSSR count). The number of rotatable bonds is 9. The molecule has 2 N–H and O–H groups in total. The number of methoxy groups -OCH3 is 1. The third-order valence-electron chi connectivity index (χ3n) is 5.83. The van der Waals surface area contributed by atoms with Gasteiger partial charge in [0.1, 0.15) is 23.0 Å². The molecule has 0 saturated carbocycles. The first kappa shape index (κ1) is 23.7. The van der Waals surface area contributed by atoms with Crippen LogP contribution in [0.3, 0.4) is 0 Å². The summed E-state index contributed by atoms with van der Waals surface area (Å²) in [6.07, 6.45) is 8.10. The summed E-state index contributed by atoms with van der Waals surface area (Å²) < 4.78 is 5.23. The van der Waals surface area contributed by atoms with Crippen molar-refractivity contribution in [2.75, 3.05) is 23.9 Å². The van der Waals surface area contributed by atoms with Gasteiger partial charge in [-0.15, -0.1) is 0 Å². The summed E-state index contributed by atoms with van der Waals surface area (Å²) in [6.45, 7) is 3.71. The van der Waals surface area contributed by atoms with Crippen LogP contribution in [-0.4, -0.2) is 45.5 Å². The predicted molar refractivity (Wildman–Crippen MR) is 131 cm³/mol. The van der Waals surface area contributed by atoms with Crippen molar-refractivity contribution in [1.29, 1.82) is 0 Å². The zero-order valence-corrected chi connectivity index (χ0v) is 20.0. The van der Waals surface area contributed by atoms with E-state index in [0.29, 0.717) is 46.5 Å². The second-order valence-electron chi connectivity index (χ2n) is 8.00. The molecule has 0 aliphatic carbocycles. The normalized spacial score (nSPS) is 15.3. The van der Waals surface area contributed by atoms with Crippen molar-refractivity contribution in [3.8, 4) is 5.75 Å². The highest BCUT2D eigenvalue weighted by Gasteiger charge is 2.26. The summed E-state index contributed by atoms with van der Waals surface area (Å²) in [6, 6.07) is 7.69. The Morgan fingerprint density at radius 2 is 2.06 bits per heavy atom. The van der Waals surface area contributed by atoms with Gasteiger partial charge in [-0.25, -0.2) is 15.0 Å². The minimum Gasteiger partial charge on any atom is -0.495 e. The van der Waals surface area contributed by atoms with E-state index < -0.39 is 0 Å². The quantitative estimate of drug-likeness (QED) is 0.474. The summed E-state index contributed by atoms with van der Waals surface area (Å²) in [4.78, 5) is 32.8. The van der Waals surface area contributed by atoms with Crippen molar-refractivity contribution in [2.45, 2.75) is 45.3 Å². The van der Waals surface area contributed by atoms with Gasteiger partial charge in [0.25, 0.3) is 5.91 Å². The maximum Gasteiger partial charge on any atom is 0.256 e. The first-order chi connectivity index (χ1) is 16.6. The fraction of sp³-hybridized carbons (Fsp3) is 0.375. The third-order valence-corrected chi connectivity index (χ3v) is 6.12. The van der Waals surface area contributed by atoms with Crippen LogP contribution in [0, 0.1) is 0 Å². The monoisotopic (exact) mass is 481 g/mol. The number of anilines is 2. The highest BCUT2D eigenvalue weighted by atomic mass is 35.5. The zero-order valence-electron chi connectivity index (χ0n) is 19.3. The van der Waals surface area contributed by atoms with E-state index in [0.717, 1.165) is 31.4 Å². The largest absolute Gasteiger partial charge is 0.495 e. The number of amides is 1. The molecule has 1 atom stereocenters. The average molecular weight is 482 g/mol. The van der Waals surface area contributed by atoms with Crippen molar-refractivity contribution in [3.63, 3.8) is 0 Å².